The van der Waals surface area contributed by atoms with Crippen molar-refractivity contribution in [2.75, 3.05) is 0 Å². The van der Waals surface area contributed by atoms with Gasteiger partial charge in [0.15, 0.2) is 0 Å². The van der Waals surface area contributed by atoms with Gasteiger partial charge in [0.25, 0.3) is 0 Å². The normalized spacial score (nSPS) is 11.8. The molecule has 0 spiro atoms. The summed E-state index contributed by atoms with van der Waals surface area (Å²) in [7, 11) is 0. The highest BCUT2D eigenvalue weighted by Crippen LogP contribution is 2.18. The maximum absolute atomic E-state index is 7.49. The lowest BCUT2D eigenvalue weighted by Crippen LogP contribution is -2.07. The van der Waals surface area contributed by atoms with E-state index in [1.54, 1.807) is 0 Å². The highest BCUT2D eigenvalue weighted by Gasteiger charge is 2.09. The Bertz CT molecular complexity index is 421. The van der Waals surface area contributed by atoms with E-state index in [1.807, 2.05) is 19.1 Å². The van der Waals surface area contributed by atoms with Gasteiger partial charge in [0, 0.05) is 5.71 Å². The second-order valence-electron chi connectivity index (χ2n) is 4.78. The predicted octanol–water partition coefficient (Wildman–Crippen LogP) is 4.35. The average molecular weight is 242 g/mol. The van der Waals surface area contributed by atoms with Gasteiger partial charge >= 0.3 is 0 Å². The van der Waals surface area contributed by atoms with Crippen LogP contribution in [0.2, 0.25) is 0 Å². The molecular formula is C16H22N2. The molecule has 96 valence electrons. The van der Waals surface area contributed by atoms with Crippen molar-refractivity contribution in [3.63, 3.8) is 0 Å². The Kier molecular flexibility index (Phi) is 6.06. The average Bonchev–Trinajstić information content (AvgIpc) is 2.36. The van der Waals surface area contributed by atoms with Gasteiger partial charge in [-0.05, 0) is 55.9 Å². The standard InChI is InChI=1S/C16H22N2/c1-3-14-5-4-6-16(11-14)12-15(9-10-17)8-7-13(2)18/h3-6,10-11,15,17-18H,1,7-9,12H2,2H3. The molecule has 0 heterocycles. The quantitative estimate of drug-likeness (QED) is 0.637. The Morgan fingerprint density at radius 1 is 1.44 bits per heavy atom. The summed E-state index contributed by atoms with van der Waals surface area (Å²) >= 11 is 0. The Labute approximate surface area is 110 Å². The molecule has 2 heteroatoms. The Balaban J connectivity index is 2.65. The van der Waals surface area contributed by atoms with E-state index in [0.717, 1.165) is 37.0 Å². The van der Waals surface area contributed by atoms with Crippen LogP contribution in [0.3, 0.4) is 0 Å². The van der Waals surface area contributed by atoms with Crippen molar-refractivity contribution < 1.29 is 0 Å². The van der Waals surface area contributed by atoms with Crippen LogP contribution in [-0.4, -0.2) is 11.9 Å². The minimum atomic E-state index is 0.461. The number of benzene rings is 1. The van der Waals surface area contributed by atoms with E-state index in [2.05, 4.69) is 24.8 Å². The van der Waals surface area contributed by atoms with E-state index in [-0.39, 0.29) is 0 Å². The maximum Gasteiger partial charge on any atom is 0.00583 e. The minimum absolute atomic E-state index is 0.461. The van der Waals surface area contributed by atoms with Crippen molar-refractivity contribution in [2.24, 2.45) is 5.92 Å². The van der Waals surface area contributed by atoms with Gasteiger partial charge in [0.05, 0.1) is 0 Å². The molecule has 0 aliphatic rings. The highest BCUT2D eigenvalue weighted by molar-refractivity contribution is 5.78. The van der Waals surface area contributed by atoms with Crippen molar-refractivity contribution in [3.8, 4) is 0 Å². The molecule has 0 saturated heterocycles. The SMILES string of the molecule is C=Cc1cccc(CC(CC=N)CCC(C)=N)c1. The van der Waals surface area contributed by atoms with Crippen molar-refractivity contribution in [3.05, 3.63) is 42.0 Å². The van der Waals surface area contributed by atoms with E-state index in [1.165, 1.54) is 11.8 Å². The summed E-state index contributed by atoms with van der Waals surface area (Å²) in [5.74, 6) is 0.461. The van der Waals surface area contributed by atoms with Gasteiger partial charge in [-0.1, -0.05) is 36.9 Å². The van der Waals surface area contributed by atoms with E-state index < -0.39 is 0 Å². The maximum atomic E-state index is 7.49. The van der Waals surface area contributed by atoms with Gasteiger partial charge in [0.1, 0.15) is 0 Å². The lowest BCUT2D eigenvalue weighted by molar-refractivity contribution is 0.514. The monoisotopic (exact) mass is 242 g/mol. The second-order valence-corrected chi connectivity index (χ2v) is 4.78. The van der Waals surface area contributed by atoms with E-state index in [0.29, 0.717) is 5.92 Å². The lowest BCUT2D eigenvalue weighted by Gasteiger charge is -2.14. The number of nitrogens with one attached hydrogen (secondary N) is 2. The molecule has 1 aromatic carbocycles. The first-order chi connectivity index (χ1) is 8.65. The van der Waals surface area contributed by atoms with Crippen LogP contribution in [-0.2, 0) is 6.42 Å². The van der Waals surface area contributed by atoms with Crippen molar-refractivity contribution in [1.82, 2.24) is 0 Å². The lowest BCUT2D eigenvalue weighted by atomic mass is 9.91. The fraction of sp³-hybridized carbons (Fsp3) is 0.375. The van der Waals surface area contributed by atoms with Gasteiger partial charge < -0.3 is 10.8 Å². The van der Waals surface area contributed by atoms with Crippen LogP contribution in [0.15, 0.2) is 30.8 Å². The second kappa shape index (κ2) is 7.59. The first kappa shape index (κ1) is 14.4. The molecule has 2 nitrogen and oxygen atoms in total. The fourth-order valence-electron chi connectivity index (χ4n) is 2.07. The highest BCUT2D eigenvalue weighted by atomic mass is 14.4. The summed E-state index contributed by atoms with van der Waals surface area (Å²) in [6.07, 6.45) is 6.94. The number of hydrogen-bond acceptors (Lipinski definition) is 2. The zero-order valence-corrected chi connectivity index (χ0v) is 11.1. The van der Waals surface area contributed by atoms with Gasteiger partial charge in [-0.3, -0.25) is 0 Å². The van der Waals surface area contributed by atoms with E-state index in [9.17, 15) is 0 Å². The minimum Gasteiger partial charge on any atom is -0.313 e. The van der Waals surface area contributed by atoms with Crippen LogP contribution in [0.4, 0.5) is 0 Å². The van der Waals surface area contributed by atoms with Crippen molar-refractivity contribution >= 4 is 18.0 Å². The smallest absolute Gasteiger partial charge is 0.00583 e. The van der Waals surface area contributed by atoms with Gasteiger partial charge in [-0.2, -0.15) is 0 Å². The number of rotatable bonds is 8. The van der Waals surface area contributed by atoms with Crippen LogP contribution in [0.1, 0.15) is 37.3 Å². The summed E-state index contributed by atoms with van der Waals surface area (Å²) in [6, 6.07) is 8.38. The molecule has 0 amide bonds. The van der Waals surface area contributed by atoms with Crippen molar-refractivity contribution in [1.29, 1.82) is 10.8 Å². The topological polar surface area (TPSA) is 47.7 Å². The summed E-state index contributed by atoms with van der Waals surface area (Å²) < 4.78 is 0. The van der Waals surface area contributed by atoms with Gasteiger partial charge in [-0.15, -0.1) is 0 Å². The first-order valence-corrected chi connectivity index (χ1v) is 6.40. The Hall–Kier alpha value is -1.70. The molecule has 0 saturated carbocycles. The van der Waals surface area contributed by atoms with Crippen LogP contribution in [0.25, 0.3) is 6.08 Å². The molecule has 1 unspecified atom stereocenters. The largest absolute Gasteiger partial charge is 0.313 e. The van der Waals surface area contributed by atoms with Crippen LogP contribution in [0.5, 0.6) is 0 Å². The third-order valence-electron chi connectivity index (χ3n) is 3.09. The van der Waals surface area contributed by atoms with Crippen LogP contribution >= 0.6 is 0 Å². The summed E-state index contributed by atoms with van der Waals surface area (Å²) in [6.45, 7) is 5.63. The van der Waals surface area contributed by atoms with Crippen LogP contribution in [0, 0.1) is 16.7 Å². The molecule has 0 radical (unpaired) electrons. The number of hydrogen-bond donors (Lipinski definition) is 2. The molecular weight excluding hydrogens is 220 g/mol. The van der Waals surface area contributed by atoms with E-state index >= 15 is 0 Å². The Morgan fingerprint density at radius 3 is 2.83 bits per heavy atom. The molecule has 0 bridgehead atoms. The summed E-state index contributed by atoms with van der Waals surface area (Å²) in [5, 5.41) is 14.8. The third kappa shape index (κ3) is 5.09. The van der Waals surface area contributed by atoms with Gasteiger partial charge in [-0.25, -0.2) is 0 Å². The predicted molar refractivity (Wildman–Crippen MR) is 79.8 cm³/mol. The molecule has 0 aromatic heterocycles. The first-order valence-electron chi connectivity index (χ1n) is 6.40. The molecule has 0 fully saturated rings. The Morgan fingerprint density at radius 2 is 2.22 bits per heavy atom. The fourth-order valence-corrected chi connectivity index (χ4v) is 2.07. The molecule has 2 N–H and O–H groups in total. The summed E-state index contributed by atoms with van der Waals surface area (Å²) in [4.78, 5) is 0. The molecule has 18 heavy (non-hydrogen) atoms. The summed E-state index contributed by atoms with van der Waals surface area (Å²) in [5.41, 5.74) is 3.16. The molecule has 1 atom stereocenters. The van der Waals surface area contributed by atoms with Crippen LogP contribution < -0.4 is 0 Å². The zero-order valence-electron chi connectivity index (χ0n) is 11.1. The molecule has 0 aliphatic carbocycles. The zero-order chi connectivity index (χ0) is 13.4. The molecule has 0 aliphatic heterocycles. The molecule has 1 aromatic rings. The molecule has 1 rings (SSSR count). The van der Waals surface area contributed by atoms with Crippen molar-refractivity contribution in [2.45, 2.75) is 32.6 Å². The van der Waals surface area contributed by atoms with Gasteiger partial charge in [0.2, 0.25) is 0 Å². The third-order valence-corrected chi connectivity index (χ3v) is 3.09. The van der Waals surface area contributed by atoms with E-state index in [4.69, 9.17) is 10.8 Å².